The monoisotopic (exact) mass is 348 g/mol. The summed E-state index contributed by atoms with van der Waals surface area (Å²) in [5.74, 6) is -1.09. The Morgan fingerprint density at radius 2 is 2.18 bits per heavy atom. The van der Waals surface area contributed by atoms with Gasteiger partial charge in [0.2, 0.25) is 15.9 Å². The van der Waals surface area contributed by atoms with Crippen LogP contribution in [0.2, 0.25) is 5.02 Å². The summed E-state index contributed by atoms with van der Waals surface area (Å²) >= 11 is 5.92. The summed E-state index contributed by atoms with van der Waals surface area (Å²) in [5, 5.41) is 5.27. The fourth-order valence-electron chi connectivity index (χ4n) is 2.72. The van der Waals surface area contributed by atoms with Gasteiger partial charge in [-0.15, -0.1) is 0 Å². The molecule has 0 unspecified atom stereocenters. The van der Waals surface area contributed by atoms with E-state index in [1.165, 1.54) is 18.2 Å². The molecule has 1 aromatic carbocycles. The SMILES string of the molecule is NS(=O)(=O)C[C@H]1CCCN(C(=O)Cc2c(F)cccc2Cl)C1. The average Bonchev–Trinajstić information content (AvgIpc) is 2.41. The number of carbonyl (C=O) groups excluding carboxylic acids is 1. The number of nitrogens with two attached hydrogens (primary N) is 1. The van der Waals surface area contributed by atoms with Crippen LogP contribution < -0.4 is 5.14 Å². The maximum atomic E-state index is 13.7. The number of halogens is 2. The fourth-order valence-corrected chi connectivity index (χ4v) is 3.88. The molecule has 2 N–H and O–H groups in total. The van der Waals surface area contributed by atoms with Crippen molar-refractivity contribution >= 4 is 27.5 Å². The fraction of sp³-hybridized carbons (Fsp3) is 0.500. The highest BCUT2D eigenvalue weighted by Gasteiger charge is 2.27. The Morgan fingerprint density at radius 3 is 2.82 bits per heavy atom. The van der Waals surface area contributed by atoms with E-state index in [0.717, 1.165) is 0 Å². The summed E-state index contributed by atoms with van der Waals surface area (Å²) in [5.41, 5.74) is 0.169. The highest BCUT2D eigenvalue weighted by molar-refractivity contribution is 7.89. The number of hydrogen-bond acceptors (Lipinski definition) is 3. The van der Waals surface area contributed by atoms with Gasteiger partial charge in [0.25, 0.3) is 0 Å². The average molecular weight is 349 g/mol. The molecule has 1 saturated heterocycles. The minimum Gasteiger partial charge on any atom is -0.342 e. The van der Waals surface area contributed by atoms with Gasteiger partial charge >= 0.3 is 0 Å². The van der Waals surface area contributed by atoms with Crippen molar-refractivity contribution in [2.24, 2.45) is 11.1 Å². The van der Waals surface area contributed by atoms with Crippen molar-refractivity contribution in [2.75, 3.05) is 18.8 Å². The first-order valence-corrected chi connectivity index (χ1v) is 9.07. The van der Waals surface area contributed by atoms with Crippen LogP contribution in [0.25, 0.3) is 0 Å². The summed E-state index contributed by atoms with van der Waals surface area (Å²) in [6.07, 6.45) is 1.28. The lowest BCUT2D eigenvalue weighted by Crippen LogP contribution is -2.43. The molecule has 1 amide bonds. The largest absolute Gasteiger partial charge is 0.342 e. The van der Waals surface area contributed by atoms with Crippen molar-refractivity contribution < 1.29 is 17.6 Å². The lowest BCUT2D eigenvalue weighted by atomic mass is 9.99. The summed E-state index contributed by atoms with van der Waals surface area (Å²) in [6.45, 7) is 0.855. The van der Waals surface area contributed by atoms with Gasteiger partial charge in [-0.2, -0.15) is 0 Å². The highest BCUT2D eigenvalue weighted by Crippen LogP contribution is 2.22. The molecule has 1 heterocycles. The lowest BCUT2D eigenvalue weighted by Gasteiger charge is -2.32. The first-order chi connectivity index (χ1) is 10.3. The number of nitrogens with zero attached hydrogens (tertiary/aromatic N) is 1. The highest BCUT2D eigenvalue weighted by atomic mass is 35.5. The first kappa shape index (κ1) is 17.2. The molecule has 8 heteroatoms. The smallest absolute Gasteiger partial charge is 0.227 e. The molecule has 2 rings (SSSR count). The topological polar surface area (TPSA) is 80.5 Å². The second-order valence-corrected chi connectivity index (χ2v) is 7.62. The third-order valence-corrected chi connectivity index (χ3v) is 5.02. The predicted molar refractivity (Wildman–Crippen MR) is 82.4 cm³/mol. The number of rotatable bonds is 4. The molecule has 1 aliphatic heterocycles. The van der Waals surface area contributed by atoms with Gasteiger partial charge in [0.1, 0.15) is 5.82 Å². The van der Waals surface area contributed by atoms with Gasteiger partial charge in [-0.1, -0.05) is 17.7 Å². The van der Waals surface area contributed by atoms with Crippen LogP contribution in [0.4, 0.5) is 4.39 Å². The first-order valence-electron chi connectivity index (χ1n) is 6.97. The van der Waals surface area contributed by atoms with E-state index >= 15 is 0 Å². The van der Waals surface area contributed by atoms with Gasteiger partial charge in [0.05, 0.1) is 12.2 Å². The maximum absolute atomic E-state index is 13.7. The van der Waals surface area contributed by atoms with Crippen molar-refractivity contribution in [1.29, 1.82) is 0 Å². The van der Waals surface area contributed by atoms with Gasteiger partial charge in [-0.3, -0.25) is 4.79 Å². The van der Waals surface area contributed by atoms with Crippen LogP contribution in [-0.4, -0.2) is 38.1 Å². The zero-order valence-electron chi connectivity index (χ0n) is 12.0. The minimum absolute atomic E-state index is 0.131. The summed E-state index contributed by atoms with van der Waals surface area (Å²) in [4.78, 5) is 13.9. The zero-order chi connectivity index (χ0) is 16.3. The van der Waals surface area contributed by atoms with E-state index in [2.05, 4.69) is 0 Å². The van der Waals surface area contributed by atoms with Crippen LogP contribution in [0.3, 0.4) is 0 Å². The Hall–Kier alpha value is -1.18. The molecule has 1 aliphatic rings. The normalized spacial score (nSPS) is 19.2. The van der Waals surface area contributed by atoms with Gasteiger partial charge in [-0.05, 0) is 30.9 Å². The molecule has 22 heavy (non-hydrogen) atoms. The molecule has 0 bridgehead atoms. The van der Waals surface area contributed by atoms with Crippen molar-refractivity contribution in [1.82, 2.24) is 4.90 Å². The number of hydrogen-bond donors (Lipinski definition) is 1. The molecular formula is C14H18ClFN2O3S. The van der Waals surface area contributed by atoms with E-state index in [0.29, 0.717) is 25.9 Å². The molecular weight excluding hydrogens is 331 g/mol. The molecule has 0 aliphatic carbocycles. The Morgan fingerprint density at radius 1 is 1.45 bits per heavy atom. The standard InChI is InChI=1S/C14H18ClFN2O3S/c15-12-4-1-5-13(16)11(12)7-14(19)18-6-2-3-10(8-18)9-22(17,20)21/h1,4-5,10H,2-3,6-9H2,(H2,17,20,21)/t10-/m0/s1. The zero-order valence-corrected chi connectivity index (χ0v) is 13.5. The van der Waals surface area contributed by atoms with E-state index in [-0.39, 0.29) is 34.6 Å². The minimum atomic E-state index is -3.56. The third-order valence-electron chi connectivity index (χ3n) is 3.73. The molecule has 1 aromatic rings. The molecule has 0 saturated carbocycles. The van der Waals surface area contributed by atoms with E-state index in [9.17, 15) is 17.6 Å². The van der Waals surface area contributed by atoms with E-state index in [4.69, 9.17) is 16.7 Å². The number of primary sulfonamides is 1. The summed E-state index contributed by atoms with van der Waals surface area (Å²) in [6, 6.07) is 4.27. The Balaban J connectivity index is 2.03. The number of piperidine rings is 1. The number of amides is 1. The van der Waals surface area contributed by atoms with Crippen molar-refractivity contribution in [3.8, 4) is 0 Å². The van der Waals surface area contributed by atoms with Gasteiger partial charge in [0, 0.05) is 23.7 Å². The number of carbonyl (C=O) groups is 1. The van der Waals surface area contributed by atoms with E-state index in [1.54, 1.807) is 4.90 Å². The molecule has 5 nitrogen and oxygen atoms in total. The van der Waals surface area contributed by atoms with E-state index in [1.807, 2.05) is 0 Å². The molecule has 122 valence electrons. The van der Waals surface area contributed by atoms with Crippen LogP contribution in [-0.2, 0) is 21.2 Å². The Labute approximate surface area is 134 Å². The molecule has 1 fully saturated rings. The second-order valence-electron chi connectivity index (χ2n) is 5.55. The third kappa shape index (κ3) is 4.66. The maximum Gasteiger partial charge on any atom is 0.227 e. The number of benzene rings is 1. The van der Waals surface area contributed by atoms with Crippen LogP contribution >= 0.6 is 11.6 Å². The second kappa shape index (κ2) is 6.93. The summed E-state index contributed by atoms with van der Waals surface area (Å²) < 4.78 is 36.1. The quantitative estimate of drug-likeness (QED) is 0.896. The van der Waals surface area contributed by atoms with Gasteiger partial charge in [-0.25, -0.2) is 17.9 Å². The van der Waals surface area contributed by atoms with Crippen LogP contribution in [0.1, 0.15) is 18.4 Å². The van der Waals surface area contributed by atoms with E-state index < -0.39 is 15.8 Å². The van der Waals surface area contributed by atoms with Crippen LogP contribution in [0, 0.1) is 11.7 Å². The number of sulfonamides is 1. The Kier molecular flexibility index (Phi) is 5.41. The lowest BCUT2D eigenvalue weighted by molar-refractivity contribution is -0.132. The Bertz CT molecular complexity index is 646. The van der Waals surface area contributed by atoms with Crippen molar-refractivity contribution in [3.63, 3.8) is 0 Å². The van der Waals surface area contributed by atoms with Crippen molar-refractivity contribution in [2.45, 2.75) is 19.3 Å². The molecule has 0 spiro atoms. The number of likely N-dealkylation sites (tertiary alicyclic amines) is 1. The van der Waals surface area contributed by atoms with Gasteiger partial charge in [0.15, 0.2) is 0 Å². The predicted octanol–water partition coefficient (Wildman–Crippen LogP) is 1.55. The van der Waals surface area contributed by atoms with Crippen LogP contribution in [0.5, 0.6) is 0 Å². The summed E-state index contributed by atoms with van der Waals surface area (Å²) in [7, 11) is -3.56. The molecule has 1 atom stereocenters. The van der Waals surface area contributed by atoms with Gasteiger partial charge < -0.3 is 4.90 Å². The van der Waals surface area contributed by atoms with Crippen molar-refractivity contribution in [3.05, 3.63) is 34.6 Å². The van der Waals surface area contributed by atoms with Crippen LogP contribution in [0.15, 0.2) is 18.2 Å². The molecule has 0 radical (unpaired) electrons. The molecule has 0 aromatic heterocycles.